The average molecular weight is 277 g/mol. The van der Waals surface area contributed by atoms with Crippen molar-refractivity contribution in [2.45, 2.75) is 19.4 Å². The van der Waals surface area contributed by atoms with E-state index in [9.17, 15) is 0 Å². The minimum absolute atomic E-state index is 0.0114. The van der Waals surface area contributed by atoms with Crippen LogP contribution < -0.4 is 11.3 Å². The van der Waals surface area contributed by atoms with Crippen LogP contribution in [0.3, 0.4) is 0 Å². The number of nitrogens with two attached hydrogens (primary N) is 1. The maximum atomic E-state index is 5.74. The van der Waals surface area contributed by atoms with Crippen molar-refractivity contribution in [2.75, 3.05) is 0 Å². The predicted octanol–water partition coefficient (Wildman–Crippen LogP) is 3.29. The highest BCUT2D eigenvalue weighted by molar-refractivity contribution is 5.78. The molecule has 3 aromatic rings. The van der Waals surface area contributed by atoms with Crippen molar-refractivity contribution in [3.8, 4) is 0 Å². The molecule has 0 saturated heterocycles. The van der Waals surface area contributed by atoms with Crippen LogP contribution in [0.25, 0.3) is 10.9 Å². The van der Waals surface area contributed by atoms with Crippen LogP contribution in [-0.4, -0.2) is 4.98 Å². The van der Waals surface area contributed by atoms with Crippen LogP contribution in [0.4, 0.5) is 0 Å². The summed E-state index contributed by atoms with van der Waals surface area (Å²) in [6.07, 6.45) is 0.822. The topological polar surface area (TPSA) is 50.9 Å². The Hall–Kier alpha value is -2.23. The number of aromatic nitrogens is 1. The zero-order chi connectivity index (χ0) is 14.7. The summed E-state index contributed by atoms with van der Waals surface area (Å²) < 4.78 is 0. The molecule has 3 rings (SSSR count). The number of hydrazine groups is 1. The number of para-hydroxylation sites is 1. The molecule has 1 heterocycles. The molecular formula is C18H19N3. The van der Waals surface area contributed by atoms with Crippen molar-refractivity contribution >= 4 is 10.9 Å². The van der Waals surface area contributed by atoms with Gasteiger partial charge >= 0.3 is 0 Å². The third-order valence-corrected chi connectivity index (χ3v) is 3.74. The van der Waals surface area contributed by atoms with E-state index in [1.807, 2.05) is 24.3 Å². The first-order chi connectivity index (χ1) is 10.3. The third kappa shape index (κ3) is 3.10. The molecule has 0 aliphatic rings. The van der Waals surface area contributed by atoms with Gasteiger partial charge in [-0.25, -0.2) is 0 Å². The van der Waals surface area contributed by atoms with Gasteiger partial charge in [-0.2, -0.15) is 0 Å². The second-order valence-corrected chi connectivity index (χ2v) is 5.34. The van der Waals surface area contributed by atoms with Crippen molar-refractivity contribution in [1.29, 1.82) is 0 Å². The highest BCUT2D eigenvalue weighted by Crippen LogP contribution is 2.20. The van der Waals surface area contributed by atoms with Crippen molar-refractivity contribution < 1.29 is 0 Å². The lowest BCUT2D eigenvalue weighted by atomic mass is 10.0. The molecule has 0 amide bonds. The van der Waals surface area contributed by atoms with Crippen LogP contribution in [0.15, 0.2) is 60.7 Å². The fraction of sp³-hybridized carbons (Fsp3) is 0.167. The number of rotatable bonds is 4. The van der Waals surface area contributed by atoms with Gasteiger partial charge in [0.1, 0.15) is 0 Å². The second-order valence-electron chi connectivity index (χ2n) is 5.34. The molecule has 2 aromatic carbocycles. The summed E-state index contributed by atoms with van der Waals surface area (Å²) in [4.78, 5) is 4.72. The van der Waals surface area contributed by atoms with Crippen molar-refractivity contribution in [2.24, 2.45) is 5.84 Å². The third-order valence-electron chi connectivity index (χ3n) is 3.74. The summed E-state index contributed by atoms with van der Waals surface area (Å²) >= 11 is 0. The average Bonchev–Trinajstić information content (AvgIpc) is 2.54. The first kappa shape index (κ1) is 13.7. The Labute approximate surface area is 124 Å². The molecule has 0 fully saturated rings. The minimum Gasteiger partial charge on any atom is -0.271 e. The quantitative estimate of drug-likeness (QED) is 0.568. The number of nitrogens with one attached hydrogen (secondary N) is 1. The Bertz CT molecular complexity index is 735. The standard InChI is InChI=1S/C18H19N3/c1-13-6-8-14(9-7-13)12-18(21-19)17-11-10-15-4-2-3-5-16(15)20-17/h2-11,18,21H,12,19H2,1H3. The molecule has 3 N–H and O–H groups in total. The van der Waals surface area contributed by atoms with Gasteiger partial charge in [-0.05, 0) is 31.0 Å². The lowest BCUT2D eigenvalue weighted by molar-refractivity contribution is 0.540. The van der Waals surface area contributed by atoms with Crippen LogP contribution in [-0.2, 0) is 6.42 Å². The van der Waals surface area contributed by atoms with Crippen LogP contribution >= 0.6 is 0 Å². The van der Waals surface area contributed by atoms with Crippen LogP contribution in [0.2, 0.25) is 0 Å². The molecule has 3 heteroatoms. The Morgan fingerprint density at radius 2 is 1.76 bits per heavy atom. The SMILES string of the molecule is Cc1ccc(CC(NN)c2ccc3ccccc3n2)cc1. The summed E-state index contributed by atoms with van der Waals surface area (Å²) in [5.41, 5.74) is 7.36. The van der Waals surface area contributed by atoms with E-state index in [-0.39, 0.29) is 6.04 Å². The molecule has 1 atom stereocenters. The maximum absolute atomic E-state index is 5.74. The lowest BCUT2D eigenvalue weighted by Gasteiger charge is -2.16. The smallest absolute Gasteiger partial charge is 0.0706 e. The van der Waals surface area contributed by atoms with Crippen molar-refractivity contribution in [1.82, 2.24) is 10.4 Å². The number of fused-ring (bicyclic) bond motifs is 1. The van der Waals surface area contributed by atoms with Gasteiger partial charge in [-0.1, -0.05) is 54.1 Å². The number of benzene rings is 2. The van der Waals surface area contributed by atoms with E-state index in [0.717, 1.165) is 23.0 Å². The Morgan fingerprint density at radius 1 is 1.00 bits per heavy atom. The molecule has 21 heavy (non-hydrogen) atoms. The van der Waals surface area contributed by atoms with Crippen LogP contribution in [0.1, 0.15) is 22.9 Å². The number of pyridine rings is 1. The molecule has 0 radical (unpaired) electrons. The van der Waals surface area contributed by atoms with Gasteiger partial charge in [-0.15, -0.1) is 0 Å². The molecule has 106 valence electrons. The van der Waals surface area contributed by atoms with Gasteiger partial charge in [0.05, 0.1) is 17.3 Å². The summed E-state index contributed by atoms with van der Waals surface area (Å²) in [5, 5.41) is 1.15. The molecule has 0 aliphatic carbocycles. The maximum Gasteiger partial charge on any atom is 0.0706 e. The highest BCUT2D eigenvalue weighted by atomic mass is 15.2. The molecule has 0 aliphatic heterocycles. The summed E-state index contributed by atoms with van der Waals surface area (Å²) in [7, 11) is 0. The van der Waals surface area contributed by atoms with Gasteiger partial charge in [0, 0.05) is 5.39 Å². The molecule has 0 saturated carbocycles. The molecule has 1 unspecified atom stereocenters. The summed E-state index contributed by atoms with van der Waals surface area (Å²) in [6.45, 7) is 2.09. The highest BCUT2D eigenvalue weighted by Gasteiger charge is 2.12. The molecule has 0 bridgehead atoms. The van der Waals surface area contributed by atoms with Gasteiger partial charge in [0.25, 0.3) is 0 Å². The summed E-state index contributed by atoms with van der Waals surface area (Å²) in [5.74, 6) is 5.74. The first-order valence-corrected chi connectivity index (χ1v) is 7.13. The van der Waals surface area contributed by atoms with Crippen LogP contribution in [0, 0.1) is 6.92 Å². The fourth-order valence-electron chi connectivity index (χ4n) is 2.48. The predicted molar refractivity (Wildman–Crippen MR) is 86.7 cm³/mol. The number of aryl methyl sites for hydroxylation is 1. The van der Waals surface area contributed by atoms with Gasteiger partial charge in [0.2, 0.25) is 0 Å². The molecule has 0 spiro atoms. The van der Waals surface area contributed by atoms with Crippen LogP contribution in [0.5, 0.6) is 0 Å². The Morgan fingerprint density at radius 3 is 2.52 bits per heavy atom. The van der Waals surface area contributed by atoms with Gasteiger partial charge < -0.3 is 0 Å². The normalized spacial score (nSPS) is 12.5. The van der Waals surface area contributed by atoms with E-state index in [2.05, 4.69) is 48.7 Å². The zero-order valence-corrected chi connectivity index (χ0v) is 12.1. The van der Waals surface area contributed by atoms with E-state index < -0.39 is 0 Å². The van der Waals surface area contributed by atoms with Crippen molar-refractivity contribution in [3.05, 3.63) is 77.5 Å². The monoisotopic (exact) mass is 277 g/mol. The van der Waals surface area contributed by atoms with E-state index in [0.29, 0.717) is 0 Å². The minimum atomic E-state index is 0.0114. The Kier molecular flexibility index (Phi) is 3.95. The van der Waals surface area contributed by atoms with E-state index >= 15 is 0 Å². The number of hydrogen-bond donors (Lipinski definition) is 2. The molecule has 3 nitrogen and oxygen atoms in total. The first-order valence-electron chi connectivity index (χ1n) is 7.13. The summed E-state index contributed by atoms with van der Waals surface area (Å²) in [6, 6.07) is 20.8. The largest absolute Gasteiger partial charge is 0.271 e. The molecular weight excluding hydrogens is 258 g/mol. The van der Waals surface area contributed by atoms with Crippen molar-refractivity contribution in [3.63, 3.8) is 0 Å². The molecule has 1 aromatic heterocycles. The number of hydrogen-bond acceptors (Lipinski definition) is 3. The second kappa shape index (κ2) is 6.04. The van der Waals surface area contributed by atoms with Gasteiger partial charge in [0.15, 0.2) is 0 Å². The van der Waals surface area contributed by atoms with E-state index in [1.165, 1.54) is 11.1 Å². The fourth-order valence-corrected chi connectivity index (χ4v) is 2.48. The zero-order valence-electron chi connectivity index (χ0n) is 12.1. The van der Waals surface area contributed by atoms with E-state index in [1.54, 1.807) is 0 Å². The lowest BCUT2D eigenvalue weighted by Crippen LogP contribution is -2.30. The Balaban J connectivity index is 1.88. The van der Waals surface area contributed by atoms with Gasteiger partial charge in [-0.3, -0.25) is 16.3 Å². The van der Waals surface area contributed by atoms with E-state index in [4.69, 9.17) is 10.8 Å². The number of nitrogens with zero attached hydrogens (tertiary/aromatic N) is 1.